The highest BCUT2D eigenvalue weighted by molar-refractivity contribution is 5.18. The Morgan fingerprint density at radius 1 is 1.25 bits per heavy atom. The molecule has 1 unspecified atom stereocenters. The van der Waals surface area contributed by atoms with Crippen LogP contribution in [0, 0.1) is 0 Å². The molecule has 88 valence electrons. The number of nitrogens with one attached hydrogen (secondary N) is 1. The van der Waals surface area contributed by atoms with Crippen molar-refractivity contribution >= 4 is 0 Å². The second kappa shape index (κ2) is 4.98. The molecule has 0 spiro atoms. The van der Waals surface area contributed by atoms with Crippen molar-refractivity contribution in [2.75, 3.05) is 13.2 Å². The second-order valence-electron chi connectivity index (χ2n) is 4.58. The predicted octanol–water partition coefficient (Wildman–Crippen LogP) is 2.91. The van der Waals surface area contributed by atoms with Gasteiger partial charge in [-0.15, -0.1) is 0 Å². The Morgan fingerprint density at radius 3 is 2.44 bits per heavy atom. The first-order valence-corrected chi connectivity index (χ1v) is 6.21. The summed E-state index contributed by atoms with van der Waals surface area (Å²) in [5, 5.41) is 3.66. The van der Waals surface area contributed by atoms with Crippen LogP contribution in [-0.2, 0) is 4.74 Å². The summed E-state index contributed by atoms with van der Waals surface area (Å²) in [4.78, 5) is 0. The van der Waals surface area contributed by atoms with Crippen LogP contribution >= 0.6 is 0 Å². The monoisotopic (exact) mass is 219 g/mol. The molecule has 1 atom stereocenters. The maximum Gasteiger partial charge on any atom is 0.0950 e. The van der Waals surface area contributed by atoms with Gasteiger partial charge in [-0.2, -0.15) is 0 Å². The highest BCUT2D eigenvalue weighted by atomic mass is 16.5. The number of hydrogen-bond donors (Lipinski definition) is 1. The number of ether oxygens (including phenoxy) is 1. The van der Waals surface area contributed by atoms with Crippen LogP contribution in [0.1, 0.15) is 38.4 Å². The van der Waals surface area contributed by atoms with Gasteiger partial charge in [0.25, 0.3) is 0 Å². The van der Waals surface area contributed by atoms with Gasteiger partial charge < -0.3 is 10.1 Å². The van der Waals surface area contributed by atoms with Gasteiger partial charge in [-0.05, 0) is 18.4 Å². The van der Waals surface area contributed by atoms with Crippen molar-refractivity contribution in [1.29, 1.82) is 0 Å². The van der Waals surface area contributed by atoms with Crippen LogP contribution in [0.3, 0.4) is 0 Å². The van der Waals surface area contributed by atoms with E-state index in [0.717, 1.165) is 26.0 Å². The van der Waals surface area contributed by atoms with E-state index in [0.29, 0.717) is 0 Å². The molecule has 0 amide bonds. The molecule has 2 nitrogen and oxygen atoms in total. The average Bonchev–Trinajstić information content (AvgIpc) is 2.40. The normalized spacial score (nSPS) is 24.2. The predicted molar refractivity (Wildman–Crippen MR) is 66.5 cm³/mol. The van der Waals surface area contributed by atoms with E-state index in [1.54, 1.807) is 0 Å². The minimum absolute atomic E-state index is 0.200. The van der Waals surface area contributed by atoms with Crippen LogP contribution < -0.4 is 5.32 Å². The van der Waals surface area contributed by atoms with Crippen molar-refractivity contribution in [3.05, 3.63) is 35.9 Å². The zero-order valence-electron chi connectivity index (χ0n) is 10.2. The van der Waals surface area contributed by atoms with E-state index >= 15 is 0 Å². The Balaban J connectivity index is 2.00. The van der Waals surface area contributed by atoms with Crippen LogP contribution in [0.4, 0.5) is 0 Å². The van der Waals surface area contributed by atoms with Gasteiger partial charge in [0, 0.05) is 12.1 Å². The van der Waals surface area contributed by atoms with E-state index in [1.165, 1.54) is 5.56 Å². The molecule has 0 aliphatic carbocycles. The van der Waals surface area contributed by atoms with Crippen molar-refractivity contribution in [2.24, 2.45) is 0 Å². The molecule has 1 fully saturated rings. The molecule has 1 aromatic rings. The van der Waals surface area contributed by atoms with Crippen LogP contribution in [0.2, 0.25) is 0 Å². The molecule has 1 heterocycles. The molecular formula is C14H21NO. The Labute approximate surface area is 98.0 Å². The fraction of sp³-hybridized carbons (Fsp3) is 0.571. The lowest BCUT2D eigenvalue weighted by Crippen LogP contribution is -2.54. The van der Waals surface area contributed by atoms with Gasteiger partial charge in [-0.1, -0.05) is 44.2 Å². The molecular weight excluding hydrogens is 198 g/mol. The van der Waals surface area contributed by atoms with Crippen molar-refractivity contribution in [2.45, 2.75) is 38.3 Å². The molecule has 2 rings (SSSR count). The molecule has 0 radical (unpaired) electrons. The maximum atomic E-state index is 6.00. The Bertz CT molecular complexity index is 309. The minimum atomic E-state index is 0.200. The van der Waals surface area contributed by atoms with Crippen molar-refractivity contribution < 1.29 is 4.74 Å². The van der Waals surface area contributed by atoms with Crippen molar-refractivity contribution in [3.63, 3.8) is 0 Å². The maximum absolute atomic E-state index is 6.00. The van der Waals surface area contributed by atoms with E-state index in [-0.39, 0.29) is 11.6 Å². The zero-order valence-corrected chi connectivity index (χ0v) is 10.2. The van der Waals surface area contributed by atoms with E-state index in [1.807, 2.05) is 6.07 Å². The second-order valence-corrected chi connectivity index (χ2v) is 4.58. The van der Waals surface area contributed by atoms with Gasteiger partial charge in [-0.25, -0.2) is 0 Å². The first-order chi connectivity index (χ1) is 7.79. The summed E-state index contributed by atoms with van der Waals surface area (Å²) in [6.45, 7) is 6.19. The summed E-state index contributed by atoms with van der Waals surface area (Å²) in [6.07, 6.45) is 2.48. The summed E-state index contributed by atoms with van der Waals surface area (Å²) < 4.78 is 6.00. The van der Waals surface area contributed by atoms with Crippen LogP contribution in [0.5, 0.6) is 0 Å². The molecule has 0 bridgehead atoms. The van der Waals surface area contributed by atoms with Gasteiger partial charge in [0.15, 0.2) is 0 Å². The molecule has 1 N–H and O–H groups in total. The lowest BCUT2D eigenvalue weighted by Gasteiger charge is -2.40. The van der Waals surface area contributed by atoms with Crippen LogP contribution in [0.15, 0.2) is 30.3 Å². The third-order valence-corrected chi connectivity index (χ3v) is 3.75. The lowest BCUT2D eigenvalue weighted by molar-refractivity contribution is -0.0374. The zero-order chi connectivity index (χ0) is 11.4. The molecule has 1 aliphatic rings. The highest BCUT2D eigenvalue weighted by Crippen LogP contribution is 2.27. The lowest BCUT2D eigenvalue weighted by atomic mass is 9.91. The first kappa shape index (κ1) is 11.6. The van der Waals surface area contributed by atoms with Crippen LogP contribution in [-0.4, -0.2) is 18.7 Å². The van der Waals surface area contributed by atoms with Crippen molar-refractivity contribution in [3.8, 4) is 0 Å². The molecule has 0 aromatic heterocycles. The largest absolute Gasteiger partial charge is 0.370 e. The molecule has 1 saturated heterocycles. The van der Waals surface area contributed by atoms with E-state index in [2.05, 4.69) is 43.4 Å². The summed E-state index contributed by atoms with van der Waals surface area (Å²) >= 11 is 0. The number of benzene rings is 1. The Hall–Kier alpha value is -0.860. The SMILES string of the molecule is CCC1(CC)COC(c2ccccc2)CN1. The average molecular weight is 219 g/mol. The quantitative estimate of drug-likeness (QED) is 0.844. The number of morpholine rings is 1. The smallest absolute Gasteiger partial charge is 0.0950 e. The molecule has 2 heteroatoms. The Morgan fingerprint density at radius 2 is 1.94 bits per heavy atom. The van der Waals surface area contributed by atoms with Gasteiger partial charge in [-0.3, -0.25) is 0 Å². The molecule has 0 saturated carbocycles. The van der Waals surface area contributed by atoms with Crippen molar-refractivity contribution in [1.82, 2.24) is 5.32 Å². The minimum Gasteiger partial charge on any atom is -0.370 e. The highest BCUT2D eigenvalue weighted by Gasteiger charge is 2.32. The van der Waals surface area contributed by atoms with Crippen LogP contribution in [0.25, 0.3) is 0 Å². The number of hydrogen-bond acceptors (Lipinski definition) is 2. The van der Waals surface area contributed by atoms with Gasteiger partial charge >= 0.3 is 0 Å². The third-order valence-electron chi connectivity index (χ3n) is 3.75. The van der Waals surface area contributed by atoms with E-state index < -0.39 is 0 Å². The van der Waals surface area contributed by atoms with Gasteiger partial charge in [0.05, 0.1) is 12.7 Å². The first-order valence-electron chi connectivity index (χ1n) is 6.21. The van der Waals surface area contributed by atoms with E-state index in [9.17, 15) is 0 Å². The topological polar surface area (TPSA) is 21.3 Å². The van der Waals surface area contributed by atoms with Gasteiger partial charge in [0.2, 0.25) is 0 Å². The fourth-order valence-electron chi connectivity index (χ4n) is 2.27. The third kappa shape index (κ3) is 2.28. The summed E-state index contributed by atoms with van der Waals surface area (Å²) in [5.74, 6) is 0. The van der Waals surface area contributed by atoms with E-state index in [4.69, 9.17) is 4.74 Å². The standard InChI is InChI=1S/C14H21NO/c1-3-14(4-2)11-16-13(10-15-14)12-8-6-5-7-9-12/h5-9,13,15H,3-4,10-11H2,1-2H3. The summed E-state index contributed by atoms with van der Waals surface area (Å²) in [7, 11) is 0. The Kier molecular flexibility index (Phi) is 3.62. The number of rotatable bonds is 3. The van der Waals surface area contributed by atoms with Gasteiger partial charge in [0.1, 0.15) is 0 Å². The molecule has 1 aliphatic heterocycles. The summed E-state index contributed by atoms with van der Waals surface area (Å²) in [6, 6.07) is 10.5. The molecule has 16 heavy (non-hydrogen) atoms. The summed E-state index contributed by atoms with van der Waals surface area (Å²) in [5.41, 5.74) is 1.47. The molecule has 1 aromatic carbocycles. The fourth-order valence-corrected chi connectivity index (χ4v) is 2.27.